The Balaban J connectivity index is 1.49. The summed E-state index contributed by atoms with van der Waals surface area (Å²) in [4.78, 5) is 2.47. The van der Waals surface area contributed by atoms with E-state index in [1.165, 1.54) is 25.7 Å². The topological polar surface area (TPSA) is 37.6 Å². The van der Waals surface area contributed by atoms with Crippen LogP contribution >= 0.6 is 0 Å². The first-order valence-corrected chi connectivity index (χ1v) is 7.39. The van der Waals surface area contributed by atoms with Crippen molar-refractivity contribution in [1.82, 2.24) is 10.2 Å². The summed E-state index contributed by atoms with van der Waals surface area (Å²) >= 11 is 0. The molecule has 0 atom stereocenters. The second-order valence-corrected chi connectivity index (χ2v) is 5.72. The number of rotatable bonds is 9. The molecule has 106 valence electrons. The lowest BCUT2D eigenvalue weighted by molar-refractivity contribution is 0.134. The van der Waals surface area contributed by atoms with E-state index in [9.17, 15) is 0 Å². The van der Waals surface area contributed by atoms with Crippen molar-refractivity contribution in [2.24, 2.45) is 0 Å². The van der Waals surface area contributed by atoms with Crippen LogP contribution in [0.3, 0.4) is 0 Å². The fourth-order valence-electron chi connectivity index (χ4n) is 2.37. The van der Waals surface area contributed by atoms with Crippen LogP contribution in [0.1, 0.15) is 37.2 Å². The van der Waals surface area contributed by atoms with Crippen LogP contribution in [0.5, 0.6) is 0 Å². The highest BCUT2D eigenvalue weighted by Crippen LogP contribution is 2.28. The third kappa shape index (κ3) is 4.06. The molecule has 0 radical (unpaired) electrons. The SMILES string of the molecule is COCCN(Cc1ccc(CNC2CC2)o1)C1CC1. The summed E-state index contributed by atoms with van der Waals surface area (Å²) in [5.74, 6) is 2.14. The van der Waals surface area contributed by atoms with Gasteiger partial charge in [0, 0.05) is 25.7 Å². The second-order valence-electron chi connectivity index (χ2n) is 5.72. The Morgan fingerprint density at radius 2 is 2.05 bits per heavy atom. The summed E-state index contributed by atoms with van der Waals surface area (Å²) < 4.78 is 11.1. The highest BCUT2D eigenvalue weighted by Gasteiger charge is 2.29. The van der Waals surface area contributed by atoms with Crippen molar-refractivity contribution in [1.29, 1.82) is 0 Å². The van der Waals surface area contributed by atoms with Crippen LogP contribution in [-0.4, -0.2) is 37.2 Å². The lowest BCUT2D eigenvalue weighted by atomic mass is 10.3. The maximum absolute atomic E-state index is 5.91. The molecule has 1 N–H and O–H groups in total. The van der Waals surface area contributed by atoms with Crippen molar-refractivity contribution >= 4 is 0 Å². The quantitative estimate of drug-likeness (QED) is 0.741. The van der Waals surface area contributed by atoms with E-state index in [1.54, 1.807) is 7.11 Å². The fourth-order valence-corrected chi connectivity index (χ4v) is 2.37. The number of hydrogen-bond acceptors (Lipinski definition) is 4. The Hall–Kier alpha value is -0.840. The van der Waals surface area contributed by atoms with E-state index in [1.807, 2.05) is 0 Å². The van der Waals surface area contributed by atoms with Crippen LogP contribution in [-0.2, 0) is 17.8 Å². The van der Waals surface area contributed by atoms with Gasteiger partial charge < -0.3 is 14.5 Å². The lowest BCUT2D eigenvalue weighted by Gasteiger charge is -2.20. The van der Waals surface area contributed by atoms with E-state index < -0.39 is 0 Å². The highest BCUT2D eigenvalue weighted by atomic mass is 16.5. The van der Waals surface area contributed by atoms with Gasteiger partial charge in [-0.05, 0) is 37.8 Å². The van der Waals surface area contributed by atoms with E-state index >= 15 is 0 Å². The number of nitrogens with one attached hydrogen (secondary N) is 1. The molecule has 2 fully saturated rings. The zero-order valence-corrected chi connectivity index (χ0v) is 11.7. The summed E-state index contributed by atoms with van der Waals surface area (Å²) in [7, 11) is 1.76. The third-order valence-corrected chi connectivity index (χ3v) is 3.86. The van der Waals surface area contributed by atoms with Gasteiger partial charge in [-0.25, -0.2) is 0 Å². The molecular weight excluding hydrogens is 240 g/mol. The first-order chi connectivity index (χ1) is 9.35. The van der Waals surface area contributed by atoms with Gasteiger partial charge in [-0.15, -0.1) is 0 Å². The minimum absolute atomic E-state index is 0.734. The van der Waals surface area contributed by atoms with Gasteiger partial charge in [0.1, 0.15) is 11.5 Å². The Kier molecular flexibility index (Phi) is 4.21. The van der Waals surface area contributed by atoms with Gasteiger partial charge in [-0.1, -0.05) is 0 Å². The third-order valence-electron chi connectivity index (χ3n) is 3.86. The average molecular weight is 264 g/mol. The Morgan fingerprint density at radius 3 is 2.74 bits per heavy atom. The number of ether oxygens (including phenoxy) is 1. The predicted molar refractivity (Wildman–Crippen MR) is 73.9 cm³/mol. The van der Waals surface area contributed by atoms with Gasteiger partial charge in [-0.2, -0.15) is 0 Å². The van der Waals surface area contributed by atoms with Crippen molar-refractivity contribution < 1.29 is 9.15 Å². The van der Waals surface area contributed by atoms with Gasteiger partial charge in [0.05, 0.1) is 19.7 Å². The molecular formula is C15H24N2O2. The van der Waals surface area contributed by atoms with Crippen LogP contribution in [0.4, 0.5) is 0 Å². The van der Waals surface area contributed by atoms with Crippen molar-refractivity contribution in [2.75, 3.05) is 20.3 Å². The maximum Gasteiger partial charge on any atom is 0.118 e. The maximum atomic E-state index is 5.91. The van der Waals surface area contributed by atoms with Gasteiger partial charge in [0.25, 0.3) is 0 Å². The molecule has 2 aliphatic carbocycles. The van der Waals surface area contributed by atoms with Crippen LogP contribution < -0.4 is 5.32 Å². The summed E-state index contributed by atoms with van der Waals surface area (Å²) in [5.41, 5.74) is 0. The molecule has 1 aromatic rings. The van der Waals surface area contributed by atoms with Crippen molar-refractivity contribution in [3.8, 4) is 0 Å². The molecule has 0 bridgehead atoms. The molecule has 3 rings (SSSR count). The van der Waals surface area contributed by atoms with Crippen molar-refractivity contribution in [3.63, 3.8) is 0 Å². The molecule has 19 heavy (non-hydrogen) atoms. The number of methoxy groups -OCH3 is 1. The molecule has 4 nitrogen and oxygen atoms in total. The number of hydrogen-bond donors (Lipinski definition) is 1. The standard InChI is InChI=1S/C15H24N2O2/c1-18-9-8-17(13-4-5-13)11-15-7-6-14(19-15)10-16-12-2-3-12/h6-7,12-13,16H,2-5,8-11H2,1H3. The zero-order chi connectivity index (χ0) is 13.1. The van der Waals surface area contributed by atoms with Gasteiger partial charge in [0.2, 0.25) is 0 Å². The summed E-state index contributed by atoms with van der Waals surface area (Å²) in [5, 5.41) is 3.48. The summed E-state index contributed by atoms with van der Waals surface area (Å²) in [6.45, 7) is 3.58. The van der Waals surface area contributed by atoms with Gasteiger partial charge >= 0.3 is 0 Å². The number of furan rings is 1. The molecule has 0 amide bonds. The molecule has 0 aliphatic heterocycles. The smallest absolute Gasteiger partial charge is 0.118 e. The molecule has 2 aliphatic rings. The molecule has 2 saturated carbocycles. The van der Waals surface area contributed by atoms with Gasteiger partial charge in [-0.3, -0.25) is 4.90 Å². The first-order valence-electron chi connectivity index (χ1n) is 7.39. The van der Waals surface area contributed by atoms with Crippen LogP contribution in [0, 0.1) is 0 Å². The van der Waals surface area contributed by atoms with Gasteiger partial charge in [0.15, 0.2) is 0 Å². The average Bonchev–Trinajstić information content (AvgIpc) is 3.32. The van der Waals surface area contributed by atoms with Crippen LogP contribution in [0.25, 0.3) is 0 Å². The molecule has 0 unspecified atom stereocenters. The molecule has 0 saturated heterocycles. The first kappa shape index (κ1) is 13.2. The Bertz CT molecular complexity index is 397. The van der Waals surface area contributed by atoms with E-state index in [4.69, 9.17) is 9.15 Å². The molecule has 1 aromatic heterocycles. The van der Waals surface area contributed by atoms with Crippen LogP contribution in [0.2, 0.25) is 0 Å². The van der Waals surface area contributed by atoms with Crippen molar-refractivity contribution in [3.05, 3.63) is 23.7 Å². The van der Waals surface area contributed by atoms with E-state index in [0.29, 0.717) is 0 Å². The summed E-state index contributed by atoms with van der Waals surface area (Å²) in [6.07, 6.45) is 5.28. The molecule has 1 heterocycles. The van der Waals surface area contributed by atoms with E-state index in [-0.39, 0.29) is 0 Å². The highest BCUT2D eigenvalue weighted by molar-refractivity contribution is 5.08. The minimum atomic E-state index is 0.734. The Labute approximate surface area is 115 Å². The van der Waals surface area contributed by atoms with E-state index in [0.717, 1.165) is 49.8 Å². The van der Waals surface area contributed by atoms with E-state index in [2.05, 4.69) is 22.3 Å². The van der Waals surface area contributed by atoms with Crippen LogP contribution in [0.15, 0.2) is 16.5 Å². The predicted octanol–water partition coefficient (Wildman–Crippen LogP) is 2.14. The zero-order valence-electron chi connectivity index (χ0n) is 11.7. The second kappa shape index (κ2) is 6.07. The number of nitrogens with zero attached hydrogens (tertiary/aromatic N) is 1. The lowest BCUT2D eigenvalue weighted by Crippen LogP contribution is -2.28. The Morgan fingerprint density at radius 1 is 1.26 bits per heavy atom. The largest absolute Gasteiger partial charge is 0.463 e. The molecule has 0 aromatic carbocycles. The normalized spacial score (nSPS) is 19.3. The monoisotopic (exact) mass is 264 g/mol. The molecule has 0 spiro atoms. The molecule has 4 heteroatoms. The fraction of sp³-hybridized carbons (Fsp3) is 0.733. The summed E-state index contributed by atoms with van der Waals surface area (Å²) in [6, 6.07) is 5.70. The van der Waals surface area contributed by atoms with Crippen molar-refractivity contribution in [2.45, 2.75) is 50.9 Å². The minimum Gasteiger partial charge on any atom is -0.463 e.